The Labute approximate surface area is 136 Å². The van der Waals surface area contributed by atoms with Gasteiger partial charge in [0.1, 0.15) is 5.76 Å². The Bertz CT molecular complexity index is 607. The summed E-state index contributed by atoms with van der Waals surface area (Å²) < 4.78 is 28.4. The molecule has 0 aromatic carbocycles. The number of rotatable bonds is 3. The number of nitrogens with zero attached hydrogens (tertiary/aromatic N) is 2. The van der Waals surface area contributed by atoms with Gasteiger partial charge in [-0.15, -0.1) is 0 Å². The molecule has 0 aliphatic carbocycles. The molecule has 2 aliphatic rings. The Morgan fingerprint density at radius 3 is 2.73 bits per heavy atom. The van der Waals surface area contributed by atoms with Gasteiger partial charge in [-0.2, -0.15) is 0 Å². The molecule has 1 atom stereocenters. The highest BCUT2D eigenvalue weighted by Crippen LogP contribution is 2.19. The molecule has 122 valence electrons. The van der Waals surface area contributed by atoms with Crippen molar-refractivity contribution in [1.29, 1.82) is 0 Å². The van der Waals surface area contributed by atoms with Gasteiger partial charge in [0.05, 0.1) is 24.3 Å². The van der Waals surface area contributed by atoms with Gasteiger partial charge in [-0.25, -0.2) is 8.42 Å². The van der Waals surface area contributed by atoms with Gasteiger partial charge in [0.15, 0.2) is 14.9 Å². The lowest BCUT2D eigenvalue weighted by molar-refractivity contribution is 0.142. The second kappa shape index (κ2) is 6.55. The van der Waals surface area contributed by atoms with E-state index < -0.39 is 9.84 Å². The smallest absolute Gasteiger partial charge is 0.169 e. The van der Waals surface area contributed by atoms with E-state index in [4.69, 9.17) is 16.6 Å². The van der Waals surface area contributed by atoms with E-state index in [1.165, 1.54) is 0 Å². The van der Waals surface area contributed by atoms with Crippen LogP contribution in [0.5, 0.6) is 0 Å². The molecular weight excluding hydrogens is 322 g/mol. The van der Waals surface area contributed by atoms with Crippen LogP contribution in [0.1, 0.15) is 12.2 Å². The number of hydrogen-bond acceptors (Lipinski definition) is 5. The molecule has 2 saturated heterocycles. The van der Waals surface area contributed by atoms with E-state index in [2.05, 4.69) is 15.1 Å². The van der Waals surface area contributed by atoms with Crippen molar-refractivity contribution in [3.8, 4) is 0 Å². The van der Waals surface area contributed by atoms with Crippen molar-refractivity contribution in [3.63, 3.8) is 0 Å². The average Bonchev–Trinajstić information content (AvgIpc) is 3.14. The first-order valence-electron chi connectivity index (χ1n) is 7.53. The van der Waals surface area contributed by atoms with Gasteiger partial charge in [0, 0.05) is 32.2 Å². The summed E-state index contributed by atoms with van der Waals surface area (Å²) in [6.07, 6.45) is 2.41. The van der Waals surface area contributed by atoms with Crippen LogP contribution in [0.2, 0.25) is 0 Å². The van der Waals surface area contributed by atoms with E-state index >= 15 is 0 Å². The SMILES string of the molecule is O=S1(=O)CC[C@H](N2CCN(C(=S)NCc3ccco3)CC2)C1. The van der Waals surface area contributed by atoms with Crippen LogP contribution in [0.3, 0.4) is 0 Å². The zero-order valence-corrected chi connectivity index (χ0v) is 14.0. The van der Waals surface area contributed by atoms with Gasteiger partial charge in [-0.3, -0.25) is 4.90 Å². The number of nitrogens with one attached hydrogen (secondary N) is 1. The fourth-order valence-corrected chi connectivity index (χ4v) is 5.06. The fraction of sp³-hybridized carbons (Fsp3) is 0.643. The molecular formula is C14H21N3O3S2. The summed E-state index contributed by atoms with van der Waals surface area (Å²) >= 11 is 5.42. The summed E-state index contributed by atoms with van der Waals surface area (Å²) in [5, 5.41) is 3.93. The lowest BCUT2D eigenvalue weighted by atomic mass is 10.2. The van der Waals surface area contributed by atoms with Crippen LogP contribution in [0.4, 0.5) is 0 Å². The lowest BCUT2D eigenvalue weighted by Gasteiger charge is -2.38. The molecule has 0 amide bonds. The molecule has 8 heteroatoms. The Balaban J connectivity index is 1.44. The van der Waals surface area contributed by atoms with Gasteiger partial charge in [0.25, 0.3) is 0 Å². The highest BCUT2D eigenvalue weighted by molar-refractivity contribution is 7.91. The van der Waals surface area contributed by atoms with Crippen LogP contribution in [0.25, 0.3) is 0 Å². The normalized spacial score (nSPS) is 25.3. The van der Waals surface area contributed by atoms with Crippen LogP contribution < -0.4 is 5.32 Å². The summed E-state index contributed by atoms with van der Waals surface area (Å²) in [4.78, 5) is 4.43. The molecule has 1 aromatic rings. The second-order valence-corrected chi connectivity index (χ2v) is 8.43. The van der Waals surface area contributed by atoms with Gasteiger partial charge >= 0.3 is 0 Å². The average molecular weight is 343 g/mol. The minimum atomic E-state index is -2.81. The first kappa shape index (κ1) is 15.8. The quantitative estimate of drug-likeness (QED) is 0.800. The highest BCUT2D eigenvalue weighted by atomic mass is 32.2. The van der Waals surface area contributed by atoms with Crippen molar-refractivity contribution >= 4 is 27.2 Å². The summed E-state index contributed by atoms with van der Waals surface area (Å²) in [5.74, 6) is 1.51. The third-order valence-corrected chi connectivity index (χ3v) is 6.47. The molecule has 0 radical (unpaired) electrons. The Kier molecular flexibility index (Phi) is 4.70. The third-order valence-electron chi connectivity index (χ3n) is 4.32. The predicted octanol–water partition coefficient (Wildman–Crippen LogP) is 0.459. The molecule has 0 bridgehead atoms. The fourth-order valence-electron chi connectivity index (χ4n) is 3.04. The minimum absolute atomic E-state index is 0.191. The zero-order chi connectivity index (χ0) is 15.6. The Morgan fingerprint density at radius 1 is 1.36 bits per heavy atom. The molecule has 3 heterocycles. The van der Waals surface area contributed by atoms with Gasteiger partial charge in [-0.1, -0.05) is 0 Å². The topological polar surface area (TPSA) is 65.8 Å². The third kappa shape index (κ3) is 3.80. The number of hydrogen-bond donors (Lipinski definition) is 1. The molecule has 0 unspecified atom stereocenters. The summed E-state index contributed by atoms with van der Waals surface area (Å²) in [6.45, 7) is 3.99. The van der Waals surface area contributed by atoms with E-state index in [9.17, 15) is 8.42 Å². The van der Waals surface area contributed by atoms with E-state index in [0.29, 0.717) is 18.1 Å². The molecule has 2 fully saturated rings. The number of furan rings is 1. The van der Waals surface area contributed by atoms with Crippen LogP contribution in [-0.4, -0.2) is 67.1 Å². The maximum absolute atomic E-state index is 11.6. The van der Waals surface area contributed by atoms with Crippen molar-refractivity contribution in [3.05, 3.63) is 24.2 Å². The van der Waals surface area contributed by atoms with Crippen molar-refractivity contribution < 1.29 is 12.8 Å². The second-order valence-electron chi connectivity index (χ2n) is 5.82. The summed E-state index contributed by atoms with van der Waals surface area (Å²) in [5.41, 5.74) is 0. The van der Waals surface area contributed by atoms with Crippen LogP contribution in [0.15, 0.2) is 22.8 Å². The van der Waals surface area contributed by atoms with Crippen LogP contribution >= 0.6 is 12.2 Å². The Morgan fingerprint density at radius 2 is 2.14 bits per heavy atom. The molecule has 22 heavy (non-hydrogen) atoms. The first-order chi connectivity index (χ1) is 10.5. The maximum atomic E-state index is 11.6. The van der Waals surface area contributed by atoms with Crippen molar-refractivity contribution in [2.24, 2.45) is 0 Å². The summed E-state index contributed by atoms with van der Waals surface area (Å²) in [7, 11) is -2.81. The van der Waals surface area contributed by atoms with E-state index in [0.717, 1.165) is 43.5 Å². The standard InChI is InChI=1S/C14H21N3O3S2/c18-22(19)9-3-12(11-22)16-4-6-17(7-5-16)14(21)15-10-13-2-1-8-20-13/h1-2,8,12H,3-7,9-11H2,(H,15,21)/t12-/m0/s1. The predicted molar refractivity (Wildman–Crippen MR) is 88.4 cm³/mol. The zero-order valence-electron chi connectivity index (χ0n) is 12.4. The first-order valence-corrected chi connectivity index (χ1v) is 9.76. The summed E-state index contributed by atoms with van der Waals surface area (Å²) in [6, 6.07) is 3.96. The van der Waals surface area contributed by atoms with Gasteiger partial charge < -0.3 is 14.6 Å². The molecule has 0 spiro atoms. The number of sulfone groups is 1. The van der Waals surface area contributed by atoms with Crippen molar-refractivity contribution in [2.45, 2.75) is 19.0 Å². The highest BCUT2D eigenvalue weighted by Gasteiger charge is 2.33. The maximum Gasteiger partial charge on any atom is 0.169 e. The molecule has 0 saturated carbocycles. The lowest BCUT2D eigenvalue weighted by Crippen LogP contribution is -2.54. The molecule has 3 rings (SSSR count). The van der Waals surface area contributed by atoms with Gasteiger partial charge in [0.2, 0.25) is 0 Å². The number of piperazine rings is 1. The monoisotopic (exact) mass is 343 g/mol. The van der Waals surface area contributed by atoms with E-state index in [-0.39, 0.29) is 6.04 Å². The van der Waals surface area contributed by atoms with E-state index in [1.807, 2.05) is 12.1 Å². The Hall–Kier alpha value is -1.12. The van der Waals surface area contributed by atoms with Gasteiger partial charge in [-0.05, 0) is 30.8 Å². The molecule has 1 N–H and O–H groups in total. The van der Waals surface area contributed by atoms with Crippen LogP contribution in [-0.2, 0) is 16.4 Å². The van der Waals surface area contributed by atoms with Crippen molar-refractivity contribution in [2.75, 3.05) is 37.7 Å². The van der Waals surface area contributed by atoms with E-state index in [1.54, 1.807) is 6.26 Å². The molecule has 1 aromatic heterocycles. The molecule has 6 nitrogen and oxygen atoms in total. The van der Waals surface area contributed by atoms with Crippen LogP contribution in [0, 0.1) is 0 Å². The minimum Gasteiger partial charge on any atom is -0.467 e. The van der Waals surface area contributed by atoms with Crippen molar-refractivity contribution in [1.82, 2.24) is 15.1 Å². The number of thiocarbonyl (C=S) groups is 1. The molecule has 2 aliphatic heterocycles. The largest absolute Gasteiger partial charge is 0.467 e.